The van der Waals surface area contributed by atoms with Gasteiger partial charge < -0.3 is 10.1 Å². The molecule has 0 saturated heterocycles. The minimum atomic E-state index is -0.211. The smallest absolute Gasteiger partial charge is 0.269 e. The number of amides is 1. The molecule has 0 unspecified atom stereocenters. The molecular formula is C12H17ClN2O2. The van der Waals surface area contributed by atoms with Gasteiger partial charge in [0.05, 0.1) is 6.10 Å². The fourth-order valence-electron chi connectivity index (χ4n) is 1.22. The van der Waals surface area contributed by atoms with Crippen LogP contribution < -0.4 is 5.32 Å². The number of nitrogens with zero attached hydrogens (tertiary/aromatic N) is 1. The zero-order valence-electron chi connectivity index (χ0n) is 10.1. The van der Waals surface area contributed by atoms with Crippen LogP contribution in [0.3, 0.4) is 0 Å². The summed E-state index contributed by atoms with van der Waals surface area (Å²) in [4.78, 5) is 15.5. The molecule has 5 heteroatoms. The molecule has 1 amide bonds. The molecule has 4 nitrogen and oxygen atoms in total. The molecule has 0 aliphatic rings. The van der Waals surface area contributed by atoms with Crippen molar-refractivity contribution in [1.29, 1.82) is 0 Å². The topological polar surface area (TPSA) is 51.2 Å². The number of aromatic nitrogens is 1. The molecule has 0 aliphatic carbocycles. The number of pyridine rings is 1. The Morgan fingerprint density at radius 2 is 2.29 bits per heavy atom. The summed E-state index contributed by atoms with van der Waals surface area (Å²) in [6.07, 6.45) is 1.00. The van der Waals surface area contributed by atoms with Crippen molar-refractivity contribution in [2.75, 3.05) is 13.2 Å². The van der Waals surface area contributed by atoms with Crippen molar-refractivity contribution < 1.29 is 9.53 Å². The van der Waals surface area contributed by atoms with Crippen molar-refractivity contribution in [2.24, 2.45) is 0 Å². The van der Waals surface area contributed by atoms with Crippen LogP contribution in [-0.2, 0) is 4.74 Å². The van der Waals surface area contributed by atoms with Gasteiger partial charge in [0, 0.05) is 13.2 Å². The molecule has 0 aliphatic heterocycles. The van der Waals surface area contributed by atoms with Gasteiger partial charge >= 0.3 is 0 Å². The highest BCUT2D eigenvalue weighted by Gasteiger charge is 2.06. The fraction of sp³-hybridized carbons (Fsp3) is 0.500. The maximum atomic E-state index is 11.6. The molecule has 0 saturated carbocycles. The van der Waals surface area contributed by atoms with E-state index in [2.05, 4.69) is 10.3 Å². The second-order valence-corrected chi connectivity index (χ2v) is 4.26. The van der Waals surface area contributed by atoms with E-state index in [0.717, 1.165) is 6.42 Å². The zero-order chi connectivity index (χ0) is 12.7. The summed E-state index contributed by atoms with van der Waals surface area (Å²) in [5.41, 5.74) is 0.335. The highest BCUT2D eigenvalue weighted by Crippen LogP contribution is 2.04. The van der Waals surface area contributed by atoms with E-state index in [1.54, 1.807) is 18.2 Å². The second-order valence-electron chi connectivity index (χ2n) is 3.87. The molecule has 1 N–H and O–H groups in total. The highest BCUT2D eigenvalue weighted by atomic mass is 35.5. The van der Waals surface area contributed by atoms with Crippen LogP contribution in [-0.4, -0.2) is 30.1 Å². The van der Waals surface area contributed by atoms with Crippen LogP contribution in [0.4, 0.5) is 0 Å². The first-order valence-corrected chi connectivity index (χ1v) is 5.99. The van der Waals surface area contributed by atoms with Gasteiger partial charge in [0.1, 0.15) is 10.8 Å². The van der Waals surface area contributed by atoms with Crippen molar-refractivity contribution in [3.63, 3.8) is 0 Å². The average Bonchev–Trinajstić information content (AvgIpc) is 2.28. The molecule has 0 radical (unpaired) electrons. The van der Waals surface area contributed by atoms with E-state index >= 15 is 0 Å². The molecular weight excluding hydrogens is 240 g/mol. The van der Waals surface area contributed by atoms with Gasteiger partial charge in [-0.3, -0.25) is 4.79 Å². The summed E-state index contributed by atoms with van der Waals surface area (Å²) < 4.78 is 5.36. The van der Waals surface area contributed by atoms with Gasteiger partial charge in [-0.05, 0) is 32.4 Å². The Bertz CT molecular complexity index is 369. The van der Waals surface area contributed by atoms with Crippen LogP contribution in [0.2, 0.25) is 5.15 Å². The van der Waals surface area contributed by atoms with Gasteiger partial charge in [-0.2, -0.15) is 0 Å². The Morgan fingerprint density at radius 1 is 1.53 bits per heavy atom. The number of hydrogen-bond acceptors (Lipinski definition) is 3. The number of rotatable bonds is 6. The number of hydrogen-bond donors (Lipinski definition) is 1. The summed E-state index contributed by atoms with van der Waals surface area (Å²) in [6, 6.07) is 4.97. The SMILES string of the molecule is CC(C)OCCCNC(=O)c1cccc(Cl)n1. The summed E-state index contributed by atoms with van der Waals surface area (Å²) in [6.45, 7) is 5.17. The number of ether oxygens (including phenoxy) is 1. The van der Waals surface area contributed by atoms with Crippen molar-refractivity contribution in [1.82, 2.24) is 10.3 Å². The third-order valence-corrected chi connectivity index (χ3v) is 2.22. The molecule has 0 fully saturated rings. The molecule has 94 valence electrons. The summed E-state index contributed by atoms with van der Waals surface area (Å²) in [7, 11) is 0. The van der Waals surface area contributed by atoms with Gasteiger partial charge in [0.2, 0.25) is 0 Å². The maximum Gasteiger partial charge on any atom is 0.269 e. The normalized spacial score (nSPS) is 10.6. The van der Waals surface area contributed by atoms with Gasteiger partial charge in [0.25, 0.3) is 5.91 Å². The van der Waals surface area contributed by atoms with E-state index in [9.17, 15) is 4.79 Å². The summed E-state index contributed by atoms with van der Waals surface area (Å²) in [5.74, 6) is -0.211. The minimum Gasteiger partial charge on any atom is -0.379 e. The van der Waals surface area contributed by atoms with Crippen LogP contribution in [0.25, 0.3) is 0 Å². The molecule has 0 atom stereocenters. The van der Waals surface area contributed by atoms with Crippen molar-refractivity contribution in [2.45, 2.75) is 26.4 Å². The Balaban J connectivity index is 2.26. The highest BCUT2D eigenvalue weighted by molar-refractivity contribution is 6.29. The van der Waals surface area contributed by atoms with Gasteiger partial charge in [0.15, 0.2) is 0 Å². The summed E-state index contributed by atoms with van der Waals surface area (Å²) in [5, 5.41) is 3.08. The molecule has 1 aromatic rings. The van der Waals surface area contributed by atoms with E-state index in [1.165, 1.54) is 0 Å². The quantitative estimate of drug-likeness (QED) is 0.628. The molecule has 0 spiro atoms. The first kappa shape index (κ1) is 13.9. The van der Waals surface area contributed by atoms with Crippen LogP contribution >= 0.6 is 11.6 Å². The Labute approximate surface area is 106 Å². The fourth-order valence-corrected chi connectivity index (χ4v) is 1.38. The Kier molecular flexibility index (Phi) is 5.94. The van der Waals surface area contributed by atoms with Gasteiger partial charge in [-0.15, -0.1) is 0 Å². The third kappa shape index (κ3) is 5.65. The Hall–Kier alpha value is -1.13. The lowest BCUT2D eigenvalue weighted by Crippen LogP contribution is -2.26. The number of halogens is 1. The predicted octanol–water partition coefficient (Wildman–Crippen LogP) is 2.28. The third-order valence-electron chi connectivity index (χ3n) is 2.01. The Morgan fingerprint density at radius 3 is 2.94 bits per heavy atom. The number of nitrogens with one attached hydrogen (secondary N) is 1. The average molecular weight is 257 g/mol. The van der Waals surface area contributed by atoms with Crippen LogP contribution in [0, 0.1) is 0 Å². The first-order chi connectivity index (χ1) is 8.09. The van der Waals surface area contributed by atoms with Crippen LogP contribution in [0.15, 0.2) is 18.2 Å². The van der Waals surface area contributed by atoms with E-state index in [0.29, 0.717) is 24.0 Å². The maximum absolute atomic E-state index is 11.6. The lowest BCUT2D eigenvalue weighted by atomic mass is 10.3. The number of carbonyl (C=O) groups excluding carboxylic acids is 1. The molecule has 1 rings (SSSR count). The second kappa shape index (κ2) is 7.25. The van der Waals surface area contributed by atoms with Crippen molar-refractivity contribution in [3.8, 4) is 0 Å². The van der Waals surface area contributed by atoms with Crippen LogP contribution in [0.1, 0.15) is 30.8 Å². The van der Waals surface area contributed by atoms with Crippen LogP contribution in [0.5, 0.6) is 0 Å². The van der Waals surface area contributed by atoms with E-state index in [-0.39, 0.29) is 12.0 Å². The summed E-state index contributed by atoms with van der Waals surface area (Å²) >= 11 is 5.70. The van der Waals surface area contributed by atoms with Gasteiger partial charge in [-0.1, -0.05) is 17.7 Å². The van der Waals surface area contributed by atoms with Gasteiger partial charge in [-0.25, -0.2) is 4.98 Å². The predicted molar refractivity (Wildman–Crippen MR) is 67.3 cm³/mol. The monoisotopic (exact) mass is 256 g/mol. The van der Waals surface area contributed by atoms with E-state index < -0.39 is 0 Å². The standard InChI is InChI=1S/C12H17ClN2O2/c1-9(2)17-8-4-7-14-12(16)10-5-3-6-11(13)15-10/h3,5-6,9H,4,7-8H2,1-2H3,(H,14,16). The number of carbonyl (C=O) groups is 1. The largest absolute Gasteiger partial charge is 0.379 e. The van der Waals surface area contributed by atoms with E-state index in [4.69, 9.17) is 16.3 Å². The first-order valence-electron chi connectivity index (χ1n) is 5.62. The molecule has 0 aromatic carbocycles. The molecule has 0 bridgehead atoms. The minimum absolute atomic E-state index is 0.211. The molecule has 17 heavy (non-hydrogen) atoms. The molecule has 1 heterocycles. The lowest BCUT2D eigenvalue weighted by Gasteiger charge is -2.08. The molecule has 1 aromatic heterocycles. The zero-order valence-corrected chi connectivity index (χ0v) is 10.8. The van der Waals surface area contributed by atoms with Crippen molar-refractivity contribution in [3.05, 3.63) is 29.0 Å². The van der Waals surface area contributed by atoms with Crippen molar-refractivity contribution >= 4 is 17.5 Å². The lowest BCUT2D eigenvalue weighted by molar-refractivity contribution is 0.0756. The van der Waals surface area contributed by atoms with E-state index in [1.807, 2.05) is 13.8 Å².